The van der Waals surface area contributed by atoms with Crippen molar-refractivity contribution in [2.45, 2.75) is 47.5 Å². The zero-order valence-electron chi connectivity index (χ0n) is 14.7. The van der Waals surface area contributed by atoms with E-state index in [0.29, 0.717) is 0 Å². The first-order chi connectivity index (χ1) is 11.0. The summed E-state index contributed by atoms with van der Waals surface area (Å²) in [5.41, 5.74) is 8.33. The summed E-state index contributed by atoms with van der Waals surface area (Å²) in [6.45, 7) is 10.8. The highest BCUT2D eigenvalue weighted by molar-refractivity contribution is 5.69. The topological polar surface area (TPSA) is 29.3 Å². The lowest BCUT2D eigenvalue weighted by Crippen LogP contribution is -2.03. The number of hydrogen-bond acceptors (Lipinski definition) is 2. The molecule has 0 atom stereocenters. The number of benzene rings is 1. The number of para-hydroxylation sites is 1. The molecule has 3 rings (SSSR count). The van der Waals surface area contributed by atoms with Gasteiger partial charge in [-0.25, -0.2) is 4.98 Å². The smallest absolute Gasteiger partial charge is 0.139 e. The van der Waals surface area contributed by atoms with Gasteiger partial charge >= 0.3 is 0 Å². The Morgan fingerprint density at radius 1 is 1.04 bits per heavy atom. The zero-order valence-corrected chi connectivity index (χ0v) is 14.7. The molecule has 120 valence electrons. The quantitative estimate of drug-likeness (QED) is 0.712. The van der Waals surface area contributed by atoms with Gasteiger partial charge in [0, 0.05) is 11.4 Å². The third-order valence-corrected chi connectivity index (χ3v) is 4.33. The van der Waals surface area contributed by atoms with Crippen molar-refractivity contribution in [1.82, 2.24) is 9.38 Å². The maximum atomic E-state index is 4.88. The second-order valence-electron chi connectivity index (χ2n) is 6.42. The summed E-state index contributed by atoms with van der Waals surface area (Å²) in [6.07, 6.45) is 2.07. The van der Waals surface area contributed by atoms with Gasteiger partial charge in [0.05, 0.1) is 5.69 Å². The number of aryl methyl sites for hydroxylation is 5. The van der Waals surface area contributed by atoms with Crippen molar-refractivity contribution in [3.63, 3.8) is 0 Å². The van der Waals surface area contributed by atoms with Gasteiger partial charge < -0.3 is 5.32 Å². The van der Waals surface area contributed by atoms with Gasteiger partial charge in [0.2, 0.25) is 0 Å². The first kappa shape index (κ1) is 15.6. The van der Waals surface area contributed by atoms with Crippen molar-refractivity contribution in [1.29, 1.82) is 0 Å². The number of anilines is 2. The Bertz CT molecular complexity index is 839. The minimum atomic E-state index is 0.980. The van der Waals surface area contributed by atoms with Gasteiger partial charge in [-0.1, -0.05) is 31.5 Å². The van der Waals surface area contributed by atoms with E-state index < -0.39 is 0 Å². The van der Waals surface area contributed by atoms with Crippen molar-refractivity contribution >= 4 is 17.2 Å². The maximum Gasteiger partial charge on any atom is 0.139 e. The number of aromatic nitrogens is 2. The van der Waals surface area contributed by atoms with Crippen LogP contribution in [0.15, 0.2) is 30.3 Å². The molecule has 23 heavy (non-hydrogen) atoms. The first-order valence-corrected chi connectivity index (χ1v) is 8.33. The third-order valence-electron chi connectivity index (χ3n) is 4.33. The van der Waals surface area contributed by atoms with Crippen LogP contribution in [0.2, 0.25) is 0 Å². The number of fused-ring (bicyclic) bond motifs is 1. The first-order valence-electron chi connectivity index (χ1n) is 8.33. The fourth-order valence-corrected chi connectivity index (χ4v) is 3.25. The number of pyridine rings is 1. The minimum Gasteiger partial charge on any atom is -0.339 e. The maximum absolute atomic E-state index is 4.88. The Hall–Kier alpha value is -2.29. The highest BCUT2D eigenvalue weighted by Gasteiger charge is 2.15. The van der Waals surface area contributed by atoms with Gasteiger partial charge in [-0.15, -0.1) is 0 Å². The monoisotopic (exact) mass is 307 g/mol. The summed E-state index contributed by atoms with van der Waals surface area (Å²) >= 11 is 0. The third kappa shape index (κ3) is 2.83. The molecule has 0 bridgehead atoms. The van der Waals surface area contributed by atoms with Gasteiger partial charge in [-0.3, -0.25) is 4.40 Å². The molecule has 0 aliphatic heterocycles. The van der Waals surface area contributed by atoms with E-state index in [1.165, 1.54) is 28.1 Å². The van der Waals surface area contributed by atoms with E-state index in [2.05, 4.69) is 74.7 Å². The molecule has 3 heteroatoms. The Morgan fingerprint density at radius 3 is 2.39 bits per heavy atom. The van der Waals surface area contributed by atoms with E-state index in [1.54, 1.807) is 0 Å². The average Bonchev–Trinajstić information content (AvgIpc) is 2.81. The van der Waals surface area contributed by atoms with E-state index in [9.17, 15) is 0 Å². The number of hydrogen-bond donors (Lipinski definition) is 1. The Morgan fingerprint density at radius 2 is 1.74 bits per heavy atom. The van der Waals surface area contributed by atoms with Crippen molar-refractivity contribution in [3.05, 3.63) is 58.4 Å². The Labute approximate surface area is 138 Å². The molecule has 0 saturated heterocycles. The number of imidazole rings is 1. The summed E-state index contributed by atoms with van der Waals surface area (Å²) in [5.74, 6) is 1.11. The molecule has 0 amide bonds. The van der Waals surface area contributed by atoms with E-state index >= 15 is 0 Å². The Kier molecular flexibility index (Phi) is 4.12. The summed E-state index contributed by atoms with van der Waals surface area (Å²) in [7, 11) is 0. The lowest BCUT2D eigenvalue weighted by atomic mass is 10.1. The van der Waals surface area contributed by atoms with Crippen molar-refractivity contribution in [2.75, 3.05) is 5.32 Å². The normalized spacial score (nSPS) is 11.2. The van der Waals surface area contributed by atoms with Crippen LogP contribution in [-0.4, -0.2) is 9.38 Å². The van der Waals surface area contributed by atoms with Crippen LogP contribution in [0.1, 0.15) is 41.4 Å². The summed E-state index contributed by atoms with van der Waals surface area (Å²) in [6, 6.07) is 10.8. The molecule has 3 aromatic rings. The van der Waals surface area contributed by atoms with Crippen molar-refractivity contribution in [3.8, 4) is 0 Å². The van der Waals surface area contributed by atoms with Crippen LogP contribution in [0.25, 0.3) is 5.65 Å². The van der Waals surface area contributed by atoms with Crippen LogP contribution in [0.3, 0.4) is 0 Å². The van der Waals surface area contributed by atoms with E-state index in [1.807, 2.05) is 0 Å². The molecule has 0 aliphatic carbocycles. The molecular formula is C20H25N3. The molecule has 1 N–H and O–H groups in total. The van der Waals surface area contributed by atoms with Crippen molar-refractivity contribution in [2.24, 2.45) is 0 Å². The van der Waals surface area contributed by atoms with Crippen LogP contribution in [0, 0.1) is 27.7 Å². The van der Waals surface area contributed by atoms with Gasteiger partial charge in [-0.05, 0) is 62.9 Å². The van der Waals surface area contributed by atoms with Crippen LogP contribution < -0.4 is 5.32 Å². The molecule has 0 aliphatic rings. The number of rotatable bonds is 4. The van der Waals surface area contributed by atoms with Crippen LogP contribution in [0.5, 0.6) is 0 Å². The minimum absolute atomic E-state index is 0.980. The van der Waals surface area contributed by atoms with Gasteiger partial charge in [0.25, 0.3) is 0 Å². The second kappa shape index (κ2) is 6.07. The molecule has 0 spiro atoms. The fourth-order valence-electron chi connectivity index (χ4n) is 3.25. The van der Waals surface area contributed by atoms with E-state index in [4.69, 9.17) is 4.98 Å². The summed E-state index contributed by atoms with van der Waals surface area (Å²) < 4.78 is 2.24. The molecule has 0 fully saturated rings. The molecule has 0 saturated carbocycles. The van der Waals surface area contributed by atoms with Gasteiger partial charge in [-0.2, -0.15) is 0 Å². The lowest BCUT2D eigenvalue weighted by Gasteiger charge is -2.15. The number of nitrogens with zero attached hydrogens (tertiary/aromatic N) is 2. The summed E-state index contributed by atoms with van der Waals surface area (Å²) in [4.78, 5) is 4.88. The molecule has 0 unspecified atom stereocenters. The molecule has 2 heterocycles. The summed E-state index contributed by atoms with van der Waals surface area (Å²) in [5, 5.41) is 3.68. The SMILES string of the molecule is CCCc1nc2cc(C)cc(C)n2c1Nc1c(C)cccc1C. The van der Waals surface area contributed by atoms with Crippen LogP contribution in [-0.2, 0) is 6.42 Å². The highest BCUT2D eigenvalue weighted by atomic mass is 15.1. The number of nitrogens with one attached hydrogen (secondary N) is 1. The fraction of sp³-hybridized carbons (Fsp3) is 0.350. The largest absolute Gasteiger partial charge is 0.339 e. The second-order valence-corrected chi connectivity index (χ2v) is 6.42. The predicted octanol–water partition coefficient (Wildman–Crippen LogP) is 5.26. The molecule has 3 nitrogen and oxygen atoms in total. The molecule has 0 radical (unpaired) electrons. The average molecular weight is 307 g/mol. The van der Waals surface area contributed by atoms with E-state index in [0.717, 1.165) is 30.0 Å². The zero-order chi connectivity index (χ0) is 16.6. The molecule has 2 aromatic heterocycles. The lowest BCUT2D eigenvalue weighted by molar-refractivity contribution is 0.895. The van der Waals surface area contributed by atoms with E-state index in [-0.39, 0.29) is 0 Å². The van der Waals surface area contributed by atoms with Crippen molar-refractivity contribution < 1.29 is 0 Å². The molecule has 1 aromatic carbocycles. The van der Waals surface area contributed by atoms with Gasteiger partial charge in [0.15, 0.2) is 0 Å². The molecular weight excluding hydrogens is 282 g/mol. The standard InChI is InChI=1S/C20H25N3/c1-6-8-17-20(22-19-14(3)9-7-10-15(19)4)23-16(5)11-13(2)12-18(23)21-17/h7,9-12,22H,6,8H2,1-5H3. The highest BCUT2D eigenvalue weighted by Crippen LogP contribution is 2.29. The predicted molar refractivity (Wildman–Crippen MR) is 97.9 cm³/mol. The van der Waals surface area contributed by atoms with Crippen LogP contribution >= 0.6 is 0 Å². The Balaban J connectivity index is 2.20. The van der Waals surface area contributed by atoms with Crippen LogP contribution in [0.4, 0.5) is 11.5 Å². The van der Waals surface area contributed by atoms with Gasteiger partial charge in [0.1, 0.15) is 11.5 Å².